The van der Waals surface area contributed by atoms with Crippen molar-refractivity contribution >= 4 is 5.52 Å². The molecule has 3 heterocycles. The number of fused-ring (bicyclic) bond motifs is 1. The minimum Gasteiger partial charge on any atom is -0.494 e. The van der Waals surface area contributed by atoms with E-state index in [0.29, 0.717) is 41.8 Å². The predicted octanol–water partition coefficient (Wildman–Crippen LogP) is 4.97. The van der Waals surface area contributed by atoms with Gasteiger partial charge in [-0.2, -0.15) is 5.10 Å². The lowest BCUT2D eigenvalue weighted by Gasteiger charge is -2.06. The molecule has 0 saturated heterocycles. The zero-order valence-electron chi connectivity index (χ0n) is 19.9. The van der Waals surface area contributed by atoms with Crippen LogP contribution in [0, 0.1) is 6.92 Å². The zero-order chi connectivity index (χ0) is 24.4. The number of rotatable bonds is 8. The molecule has 0 N–H and O–H groups in total. The van der Waals surface area contributed by atoms with Crippen LogP contribution < -0.4 is 15.0 Å². The van der Waals surface area contributed by atoms with Crippen molar-refractivity contribution in [3.05, 3.63) is 88.8 Å². The molecule has 0 aliphatic rings. The molecule has 0 aliphatic heterocycles. The maximum atomic E-state index is 13.2. The van der Waals surface area contributed by atoms with Gasteiger partial charge in [0.1, 0.15) is 28.5 Å². The molecule has 8 heteroatoms. The first-order chi connectivity index (χ1) is 17.1. The summed E-state index contributed by atoms with van der Waals surface area (Å²) in [5.41, 5.74) is 3.42. The van der Waals surface area contributed by atoms with Crippen LogP contribution in [0.5, 0.6) is 11.5 Å². The number of ether oxygens (including phenoxy) is 2. The van der Waals surface area contributed by atoms with E-state index < -0.39 is 0 Å². The maximum Gasteiger partial charge on any atom is 0.276 e. The van der Waals surface area contributed by atoms with E-state index in [4.69, 9.17) is 13.9 Å². The minimum atomic E-state index is -0.157. The molecule has 2 aromatic carbocycles. The molecule has 0 spiro atoms. The Morgan fingerprint density at radius 2 is 1.74 bits per heavy atom. The molecule has 0 atom stereocenters. The Morgan fingerprint density at radius 3 is 2.51 bits per heavy atom. The van der Waals surface area contributed by atoms with Crippen LogP contribution in [-0.4, -0.2) is 32.4 Å². The van der Waals surface area contributed by atoms with Crippen molar-refractivity contribution in [1.29, 1.82) is 0 Å². The van der Waals surface area contributed by atoms with E-state index >= 15 is 0 Å². The lowest BCUT2D eigenvalue weighted by molar-refractivity contribution is 0.340. The average molecular weight is 471 g/mol. The fraction of sp³-hybridized carbons (Fsp3) is 0.222. The molecule has 0 radical (unpaired) electrons. The Morgan fingerprint density at radius 1 is 0.971 bits per heavy atom. The summed E-state index contributed by atoms with van der Waals surface area (Å²) in [5, 5.41) is 4.57. The largest absolute Gasteiger partial charge is 0.494 e. The third-order valence-electron chi connectivity index (χ3n) is 5.69. The van der Waals surface area contributed by atoms with Crippen molar-refractivity contribution in [3.8, 4) is 34.2 Å². The number of nitrogens with zero attached hydrogens (tertiary/aromatic N) is 4. The molecule has 3 aromatic heterocycles. The summed E-state index contributed by atoms with van der Waals surface area (Å²) in [6, 6.07) is 17.1. The van der Waals surface area contributed by atoms with E-state index in [1.54, 1.807) is 27.5 Å². The second-order valence-electron chi connectivity index (χ2n) is 8.00. The Hall–Kier alpha value is -4.33. The van der Waals surface area contributed by atoms with Crippen molar-refractivity contribution < 1.29 is 13.9 Å². The SMILES string of the molecule is CCOc1ccc(-c2cc3c(=O)n(Cc4nc(-c5ccccc5OCC)oc4C)ccn3n2)cc1. The van der Waals surface area contributed by atoms with Gasteiger partial charge in [0.05, 0.1) is 31.0 Å². The van der Waals surface area contributed by atoms with Crippen molar-refractivity contribution in [2.45, 2.75) is 27.3 Å². The topological polar surface area (TPSA) is 83.8 Å². The summed E-state index contributed by atoms with van der Waals surface area (Å²) in [6.45, 7) is 7.17. The van der Waals surface area contributed by atoms with Gasteiger partial charge in [-0.05, 0) is 63.2 Å². The summed E-state index contributed by atoms with van der Waals surface area (Å²) < 4.78 is 20.4. The number of aryl methyl sites for hydroxylation is 1. The van der Waals surface area contributed by atoms with E-state index in [2.05, 4.69) is 10.1 Å². The molecule has 0 unspecified atom stereocenters. The van der Waals surface area contributed by atoms with Crippen LogP contribution in [0.2, 0.25) is 0 Å². The first kappa shape index (κ1) is 22.5. The summed E-state index contributed by atoms with van der Waals surface area (Å²) >= 11 is 0. The van der Waals surface area contributed by atoms with Gasteiger partial charge in [-0.15, -0.1) is 0 Å². The smallest absolute Gasteiger partial charge is 0.276 e. The number of aromatic nitrogens is 4. The van der Waals surface area contributed by atoms with Crippen molar-refractivity contribution in [2.75, 3.05) is 13.2 Å². The second kappa shape index (κ2) is 9.50. The Kier molecular flexibility index (Phi) is 6.10. The third-order valence-corrected chi connectivity index (χ3v) is 5.69. The van der Waals surface area contributed by atoms with Crippen molar-refractivity contribution in [2.24, 2.45) is 0 Å². The maximum absolute atomic E-state index is 13.2. The number of oxazole rings is 1. The van der Waals surface area contributed by atoms with Crippen LogP contribution in [0.15, 0.2) is 76.2 Å². The number of para-hydroxylation sites is 1. The highest BCUT2D eigenvalue weighted by Gasteiger charge is 2.17. The first-order valence-corrected chi connectivity index (χ1v) is 11.6. The van der Waals surface area contributed by atoms with Gasteiger partial charge in [-0.1, -0.05) is 12.1 Å². The normalized spacial score (nSPS) is 11.2. The molecular weight excluding hydrogens is 444 g/mol. The molecule has 35 heavy (non-hydrogen) atoms. The summed E-state index contributed by atoms with van der Waals surface area (Å²) in [4.78, 5) is 17.9. The third kappa shape index (κ3) is 4.42. The van der Waals surface area contributed by atoms with Gasteiger partial charge in [0.15, 0.2) is 0 Å². The Labute approximate surface area is 202 Å². The van der Waals surface area contributed by atoms with E-state index in [0.717, 1.165) is 22.6 Å². The van der Waals surface area contributed by atoms with Crippen LogP contribution in [0.25, 0.3) is 28.2 Å². The molecule has 0 bridgehead atoms. The predicted molar refractivity (Wildman–Crippen MR) is 133 cm³/mol. The van der Waals surface area contributed by atoms with Gasteiger partial charge in [0, 0.05) is 18.0 Å². The summed E-state index contributed by atoms with van der Waals surface area (Å²) in [5.74, 6) is 2.63. The van der Waals surface area contributed by atoms with Crippen LogP contribution in [0.1, 0.15) is 25.3 Å². The molecule has 5 aromatic rings. The molecule has 5 rings (SSSR count). The molecule has 0 aliphatic carbocycles. The standard InChI is InChI=1S/C27H26N4O4/c1-4-33-20-12-10-19(11-13-20)22-16-24-27(32)30(14-15-31(24)29-22)17-23-18(3)35-26(28-23)21-8-6-7-9-25(21)34-5-2/h6-16H,4-5,17H2,1-3H3. The summed E-state index contributed by atoms with van der Waals surface area (Å²) in [7, 11) is 0. The number of hydrogen-bond donors (Lipinski definition) is 0. The van der Waals surface area contributed by atoms with Gasteiger partial charge in [0.25, 0.3) is 5.56 Å². The molecule has 0 saturated carbocycles. The van der Waals surface area contributed by atoms with Gasteiger partial charge in [-0.3, -0.25) is 4.79 Å². The monoisotopic (exact) mass is 470 g/mol. The second-order valence-corrected chi connectivity index (χ2v) is 8.00. The lowest BCUT2D eigenvalue weighted by Crippen LogP contribution is -2.22. The van der Waals surface area contributed by atoms with E-state index in [-0.39, 0.29) is 12.1 Å². The fourth-order valence-electron chi connectivity index (χ4n) is 3.96. The van der Waals surface area contributed by atoms with Crippen LogP contribution in [0.3, 0.4) is 0 Å². The van der Waals surface area contributed by atoms with E-state index in [1.165, 1.54) is 0 Å². The molecule has 178 valence electrons. The van der Waals surface area contributed by atoms with E-state index in [9.17, 15) is 4.79 Å². The van der Waals surface area contributed by atoms with E-state index in [1.807, 2.05) is 69.3 Å². The Bertz CT molecular complexity index is 1530. The number of benzene rings is 2. The highest BCUT2D eigenvalue weighted by Crippen LogP contribution is 2.30. The van der Waals surface area contributed by atoms with Gasteiger partial charge in [0.2, 0.25) is 5.89 Å². The van der Waals surface area contributed by atoms with Crippen LogP contribution in [-0.2, 0) is 6.54 Å². The zero-order valence-corrected chi connectivity index (χ0v) is 19.9. The molecule has 0 amide bonds. The van der Waals surface area contributed by atoms with Gasteiger partial charge >= 0.3 is 0 Å². The number of hydrogen-bond acceptors (Lipinski definition) is 6. The molecular formula is C27H26N4O4. The quantitative estimate of drug-likeness (QED) is 0.318. The van der Waals surface area contributed by atoms with Crippen molar-refractivity contribution in [3.63, 3.8) is 0 Å². The average Bonchev–Trinajstić information content (AvgIpc) is 3.46. The highest BCUT2D eigenvalue weighted by molar-refractivity contribution is 5.66. The first-order valence-electron chi connectivity index (χ1n) is 11.6. The van der Waals surface area contributed by atoms with Crippen LogP contribution in [0.4, 0.5) is 0 Å². The fourth-order valence-corrected chi connectivity index (χ4v) is 3.96. The minimum absolute atomic E-state index is 0.157. The van der Waals surface area contributed by atoms with Gasteiger partial charge in [-0.25, -0.2) is 9.50 Å². The summed E-state index contributed by atoms with van der Waals surface area (Å²) in [6.07, 6.45) is 3.49. The molecule has 8 nitrogen and oxygen atoms in total. The molecule has 0 fully saturated rings. The Balaban J connectivity index is 1.44. The van der Waals surface area contributed by atoms with Crippen LogP contribution >= 0.6 is 0 Å². The lowest BCUT2D eigenvalue weighted by atomic mass is 10.1. The highest BCUT2D eigenvalue weighted by atomic mass is 16.5. The van der Waals surface area contributed by atoms with Gasteiger partial charge < -0.3 is 18.5 Å². The van der Waals surface area contributed by atoms with Crippen molar-refractivity contribution in [1.82, 2.24) is 19.2 Å².